The van der Waals surface area contributed by atoms with E-state index in [4.69, 9.17) is 4.74 Å². The summed E-state index contributed by atoms with van der Waals surface area (Å²) in [7, 11) is 0. The molecule has 0 spiro atoms. The fraction of sp³-hybridized carbons (Fsp3) is 0.588. The number of morpholine rings is 1. The molecular weight excluding hydrogens is 484 g/mol. The van der Waals surface area contributed by atoms with Crippen LogP contribution in [0, 0.1) is 40.4 Å². The van der Waals surface area contributed by atoms with Crippen molar-refractivity contribution in [2.75, 3.05) is 31.2 Å². The topological polar surface area (TPSA) is 62.1 Å². The monoisotopic (exact) mass is 526 g/mol. The van der Waals surface area contributed by atoms with Gasteiger partial charge in [0.1, 0.15) is 5.78 Å². The van der Waals surface area contributed by atoms with Gasteiger partial charge in [-0.3, -0.25) is 4.79 Å². The van der Waals surface area contributed by atoms with Crippen molar-refractivity contribution in [2.45, 2.75) is 72.1 Å². The van der Waals surface area contributed by atoms with E-state index in [9.17, 15) is 10.0 Å². The highest BCUT2D eigenvalue weighted by molar-refractivity contribution is 5.97. The third-order valence-electron chi connectivity index (χ3n) is 11.0. The number of ether oxygens (including phenoxy) is 1. The smallest absolute Gasteiger partial charge is 0.148 e. The molecule has 3 fully saturated rings. The highest BCUT2D eigenvalue weighted by Gasteiger charge is 2.65. The normalized spacial score (nSPS) is 36.9. The van der Waals surface area contributed by atoms with Crippen LogP contribution in [-0.2, 0) is 9.53 Å². The first-order valence-electron chi connectivity index (χ1n) is 14.9. The molecular formula is C34H42N2O3. The van der Waals surface area contributed by atoms with Gasteiger partial charge in [-0.15, -0.1) is 5.92 Å². The van der Waals surface area contributed by atoms with Gasteiger partial charge in [-0.1, -0.05) is 42.6 Å². The molecule has 39 heavy (non-hydrogen) atoms. The molecule has 5 aliphatic rings. The zero-order valence-electron chi connectivity index (χ0n) is 23.9. The largest absolute Gasteiger partial charge is 0.411 e. The van der Waals surface area contributed by atoms with E-state index in [0.717, 1.165) is 70.5 Å². The summed E-state index contributed by atoms with van der Waals surface area (Å²) in [6.07, 6.45) is 7.81. The van der Waals surface area contributed by atoms with E-state index in [2.05, 4.69) is 66.1 Å². The predicted molar refractivity (Wildman–Crippen MR) is 155 cm³/mol. The molecule has 1 unspecified atom stereocenters. The quantitative estimate of drug-likeness (QED) is 0.276. The van der Waals surface area contributed by atoms with E-state index in [1.54, 1.807) is 12.5 Å². The fourth-order valence-electron chi connectivity index (χ4n) is 9.19. The number of oxime groups is 1. The van der Waals surface area contributed by atoms with Crippen LogP contribution >= 0.6 is 0 Å². The number of carbonyl (C=O) groups is 1. The molecule has 1 N–H and O–H groups in total. The van der Waals surface area contributed by atoms with Crippen LogP contribution < -0.4 is 4.90 Å². The van der Waals surface area contributed by atoms with Crippen LogP contribution in [0.5, 0.6) is 0 Å². The molecule has 5 heteroatoms. The van der Waals surface area contributed by atoms with E-state index in [-0.39, 0.29) is 17.1 Å². The molecule has 6 atom stereocenters. The Morgan fingerprint density at radius 1 is 1.18 bits per heavy atom. The van der Waals surface area contributed by atoms with Crippen LogP contribution in [0.1, 0.15) is 77.7 Å². The van der Waals surface area contributed by atoms with Crippen LogP contribution in [0.25, 0.3) is 0 Å². The number of anilines is 1. The summed E-state index contributed by atoms with van der Waals surface area (Å²) in [6, 6.07) is 9.25. The van der Waals surface area contributed by atoms with E-state index in [0.29, 0.717) is 17.8 Å². The second-order valence-corrected chi connectivity index (χ2v) is 12.7. The Balaban J connectivity index is 1.49. The van der Waals surface area contributed by atoms with Gasteiger partial charge >= 0.3 is 0 Å². The van der Waals surface area contributed by atoms with E-state index in [1.165, 1.54) is 22.4 Å². The second kappa shape index (κ2) is 9.97. The Labute approximate surface area is 233 Å². The Hall–Kier alpha value is -2.84. The van der Waals surface area contributed by atoms with Crippen LogP contribution in [0.4, 0.5) is 5.69 Å². The first-order chi connectivity index (χ1) is 18.8. The average Bonchev–Trinajstić information content (AvgIpc) is 3.26. The van der Waals surface area contributed by atoms with Crippen molar-refractivity contribution in [3.8, 4) is 11.8 Å². The predicted octanol–water partition coefficient (Wildman–Crippen LogP) is 6.53. The van der Waals surface area contributed by atoms with Gasteiger partial charge in [0, 0.05) is 24.7 Å². The maximum absolute atomic E-state index is 13.4. The van der Waals surface area contributed by atoms with Gasteiger partial charge in [0.2, 0.25) is 0 Å². The minimum Gasteiger partial charge on any atom is -0.411 e. The van der Waals surface area contributed by atoms with Crippen LogP contribution in [-0.4, -0.2) is 43.0 Å². The van der Waals surface area contributed by atoms with Gasteiger partial charge in [0.25, 0.3) is 0 Å². The van der Waals surface area contributed by atoms with Crippen molar-refractivity contribution in [3.05, 3.63) is 52.6 Å². The maximum Gasteiger partial charge on any atom is 0.148 e. The number of Topliss-reactive ketones (excluding diaryl/α,β-unsaturated/α-hetero) is 1. The summed E-state index contributed by atoms with van der Waals surface area (Å²) in [5.74, 6) is 8.49. The Kier molecular flexibility index (Phi) is 6.74. The van der Waals surface area contributed by atoms with E-state index in [1.807, 2.05) is 6.92 Å². The summed E-state index contributed by atoms with van der Waals surface area (Å²) in [5.41, 5.74) is 7.12. The van der Waals surface area contributed by atoms with Crippen molar-refractivity contribution in [3.63, 3.8) is 0 Å². The molecule has 1 aromatic carbocycles. The number of hydrogen-bond acceptors (Lipinski definition) is 5. The molecule has 0 amide bonds. The maximum atomic E-state index is 13.4. The van der Waals surface area contributed by atoms with Gasteiger partial charge in [0.05, 0.1) is 24.3 Å². The van der Waals surface area contributed by atoms with Crippen LogP contribution in [0.3, 0.4) is 0 Å². The Bertz CT molecular complexity index is 1310. The first kappa shape index (κ1) is 26.4. The molecule has 1 saturated heterocycles. The lowest BCUT2D eigenvalue weighted by Crippen LogP contribution is -2.50. The van der Waals surface area contributed by atoms with Crippen molar-refractivity contribution in [2.24, 2.45) is 33.7 Å². The van der Waals surface area contributed by atoms with Crippen molar-refractivity contribution >= 4 is 17.2 Å². The summed E-state index contributed by atoms with van der Waals surface area (Å²) in [6.45, 7) is 11.8. The van der Waals surface area contributed by atoms with Crippen molar-refractivity contribution in [1.29, 1.82) is 0 Å². The molecule has 1 aromatic rings. The van der Waals surface area contributed by atoms with Crippen molar-refractivity contribution < 1.29 is 14.7 Å². The summed E-state index contributed by atoms with van der Waals surface area (Å²) < 4.78 is 5.57. The molecule has 206 valence electrons. The molecule has 0 radical (unpaired) electrons. The lowest BCUT2D eigenvalue weighted by molar-refractivity contribution is -0.130. The standard InChI is InChI=1S/C34H42N2O3/c1-5-13-34(23(3)37)14-12-31-29-19-22(2)28-20-25(35-38)8-11-27(28)32(29)30(21-33(31,34)4)24-6-9-26(10-7-24)36-15-17-39-18-16-36/h6-7,9-10,20,22,29-31,38H,8,11-12,14-19,21H2,1-4H3/t22?,29-,30+,31-,33-,34+/m0/s1. The lowest BCUT2D eigenvalue weighted by Gasteiger charge is -2.55. The lowest BCUT2D eigenvalue weighted by atomic mass is 9.47. The van der Waals surface area contributed by atoms with Gasteiger partial charge in [-0.05, 0) is 110 Å². The number of benzene rings is 1. The minimum absolute atomic E-state index is 0.169. The van der Waals surface area contributed by atoms with Crippen LogP contribution in [0.15, 0.2) is 52.2 Å². The van der Waals surface area contributed by atoms with Gasteiger partial charge < -0.3 is 14.8 Å². The third kappa shape index (κ3) is 4.01. The number of carbonyl (C=O) groups excluding carboxylic acids is 1. The van der Waals surface area contributed by atoms with Crippen molar-refractivity contribution in [1.82, 2.24) is 0 Å². The molecule has 0 bridgehead atoms. The molecule has 1 heterocycles. The Morgan fingerprint density at radius 2 is 1.92 bits per heavy atom. The molecule has 4 aliphatic carbocycles. The molecule has 1 aliphatic heterocycles. The minimum atomic E-state index is -0.572. The van der Waals surface area contributed by atoms with E-state index >= 15 is 0 Å². The van der Waals surface area contributed by atoms with Crippen LogP contribution in [0.2, 0.25) is 0 Å². The second-order valence-electron chi connectivity index (χ2n) is 12.7. The third-order valence-corrected chi connectivity index (χ3v) is 11.0. The number of hydrogen-bond donors (Lipinski definition) is 1. The molecule has 0 aromatic heterocycles. The number of nitrogens with zero attached hydrogens (tertiary/aromatic N) is 2. The Morgan fingerprint density at radius 3 is 2.59 bits per heavy atom. The first-order valence-corrected chi connectivity index (χ1v) is 14.9. The molecule has 5 nitrogen and oxygen atoms in total. The zero-order chi connectivity index (χ0) is 27.4. The molecule has 2 saturated carbocycles. The highest BCUT2D eigenvalue weighted by atomic mass is 16.5. The number of allylic oxidation sites excluding steroid dienone is 4. The fourth-order valence-corrected chi connectivity index (χ4v) is 9.19. The highest BCUT2D eigenvalue weighted by Crippen LogP contribution is 2.70. The SMILES string of the molecule is CC#C[C@]1(C(C)=O)CC[C@H]2[C@@H]3CC(C)C4=CC(=NO)CCC4=C3[C@@H](c3ccc(N4CCOCC4)cc3)C[C@@]21C. The summed E-state index contributed by atoms with van der Waals surface area (Å²) >= 11 is 0. The van der Waals surface area contributed by atoms with Gasteiger partial charge in [-0.2, -0.15) is 0 Å². The number of rotatable bonds is 3. The van der Waals surface area contributed by atoms with Gasteiger partial charge in [-0.25, -0.2) is 0 Å². The summed E-state index contributed by atoms with van der Waals surface area (Å²) in [4.78, 5) is 15.8. The number of fused-ring (bicyclic) bond motifs is 4. The zero-order valence-corrected chi connectivity index (χ0v) is 23.9. The van der Waals surface area contributed by atoms with E-state index < -0.39 is 5.41 Å². The number of ketones is 1. The van der Waals surface area contributed by atoms with Gasteiger partial charge in [0.15, 0.2) is 0 Å². The molecule has 6 rings (SSSR count). The average molecular weight is 527 g/mol. The summed E-state index contributed by atoms with van der Waals surface area (Å²) in [5, 5.41) is 13.1.